The average Bonchev–Trinajstić information content (AvgIpc) is 2.66. The number of aromatic carboxylic acids is 2. The Hall–Kier alpha value is -2.23. The van der Waals surface area contributed by atoms with Crippen LogP contribution in [0.4, 0.5) is 13.2 Å². The maximum absolute atomic E-state index is 13.1. The molecule has 2 aromatic carbocycles. The van der Waals surface area contributed by atoms with Crippen LogP contribution in [-0.4, -0.2) is 22.2 Å². The van der Waals surface area contributed by atoms with Gasteiger partial charge in [-0.1, -0.05) is 44.9 Å². The Labute approximate surface area is 187 Å². The SMILES string of the molecule is CCCCc1cccc(F)c1C(=O)O.O=C(O)c1c(F)cccc1F.[CH2-]CCC.[Li+]. The van der Waals surface area contributed by atoms with Gasteiger partial charge in [0, 0.05) is 0 Å². The van der Waals surface area contributed by atoms with Crippen LogP contribution in [0.25, 0.3) is 0 Å². The third kappa shape index (κ3) is 10.5. The summed E-state index contributed by atoms with van der Waals surface area (Å²) in [6, 6.07) is 7.30. The van der Waals surface area contributed by atoms with E-state index in [0.29, 0.717) is 12.0 Å². The fraction of sp³-hybridized carbons (Fsp3) is 0.318. The third-order valence-corrected chi connectivity index (χ3v) is 3.64. The molecule has 0 amide bonds. The summed E-state index contributed by atoms with van der Waals surface area (Å²) in [6.45, 7) is 7.74. The van der Waals surface area contributed by atoms with Crippen molar-refractivity contribution in [2.75, 3.05) is 0 Å². The van der Waals surface area contributed by atoms with Crippen molar-refractivity contribution in [3.63, 3.8) is 0 Å². The molecule has 0 spiro atoms. The summed E-state index contributed by atoms with van der Waals surface area (Å²) in [7, 11) is 0. The van der Waals surface area contributed by atoms with Crippen LogP contribution in [0.2, 0.25) is 0 Å². The number of hydrogen-bond acceptors (Lipinski definition) is 2. The Morgan fingerprint density at radius 2 is 1.23 bits per heavy atom. The van der Waals surface area contributed by atoms with Gasteiger partial charge in [0.25, 0.3) is 0 Å². The standard InChI is InChI=1S/C11H13FO2.C7H4F2O2.C4H9.Li/c1-2-3-5-8-6-4-7-9(12)10(8)11(13)14;8-4-2-1-3-5(9)6(4)7(10)11;1-3-4-2;/h4,6-7H,2-3,5H2,1H3,(H,13,14);1-3H,(H,10,11);1,3-4H2,2H3;/q;;-1;+1. The van der Waals surface area contributed by atoms with E-state index in [1.807, 2.05) is 6.92 Å². The van der Waals surface area contributed by atoms with Crippen molar-refractivity contribution in [3.05, 3.63) is 77.5 Å². The van der Waals surface area contributed by atoms with Crippen LogP contribution in [0.3, 0.4) is 0 Å². The van der Waals surface area contributed by atoms with Gasteiger partial charge in [0.1, 0.15) is 23.0 Å². The molecule has 8 heteroatoms. The van der Waals surface area contributed by atoms with Gasteiger partial charge in [0.2, 0.25) is 0 Å². The first-order valence-corrected chi connectivity index (χ1v) is 9.18. The number of hydrogen-bond donors (Lipinski definition) is 2. The van der Waals surface area contributed by atoms with Crippen LogP contribution < -0.4 is 18.9 Å². The fourth-order valence-electron chi connectivity index (χ4n) is 2.09. The molecular formula is C22H26F3LiO4. The topological polar surface area (TPSA) is 74.6 Å². The molecule has 0 saturated carbocycles. The Morgan fingerprint density at radius 3 is 1.57 bits per heavy atom. The molecule has 0 radical (unpaired) electrons. The predicted octanol–water partition coefficient (Wildman–Crippen LogP) is 3.15. The molecule has 0 aliphatic carbocycles. The summed E-state index contributed by atoms with van der Waals surface area (Å²) >= 11 is 0. The fourth-order valence-corrected chi connectivity index (χ4v) is 2.09. The molecule has 2 rings (SSSR count). The van der Waals surface area contributed by atoms with E-state index in [1.165, 1.54) is 12.5 Å². The number of carboxylic acids is 2. The van der Waals surface area contributed by atoms with Crippen LogP contribution in [0.15, 0.2) is 36.4 Å². The molecule has 2 aromatic rings. The van der Waals surface area contributed by atoms with Crippen LogP contribution in [0.5, 0.6) is 0 Å². The van der Waals surface area contributed by atoms with Gasteiger partial charge in [0.05, 0.1) is 5.56 Å². The number of halogens is 3. The molecule has 0 aromatic heterocycles. The average molecular weight is 418 g/mol. The summed E-state index contributed by atoms with van der Waals surface area (Å²) in [5.41, 5.74) is -0.507. The zero-order valence-electron chi connectivity index (χ0n) is 17.6. The molecular weight excluding hydrogens is 392 g/mol. The number of aryl methyl sites for hydroxylation is 1. The monoisotopic (exact) mass is 418 g/mol. The van der Waals surface area contributed by atoms with E-state index in [-0.39, 0.29) is 24.4 Å². The quantitative estimate of drug-likeness (QED) is 0.558. The summed E-state index contributed by atoms with van der Waals surface area (Å²) in [5, 5.41) is 17.1. The second-order valence-electron chi connectivity index (χ2n) is 5.94. The molecule has 160 valence electrons. The van der Waals surface area contributed by atoms with Gasteiger partial charge in [-0.15, -0.1) is 0 Å². The van der Waals surface area contributed by atoms with E-state index in [4.69, 9.17) is 10.2 Å². The van der Waals surface area contributed by atoms with Crippen molar-refractivity contribution < 1.29 is 51.8 Å². The van der Waals surface area contributed by atoms with E-state index in [2.05, 4.69) is 13.8 Å². The van der Waals surface area contributed by atoms with Crippen LogP contribution in [0, 0.1) is 24.4 Å². The minimum atomic E-state index is -1.60. The molecule has 30 heavy (non-hydrogen) atoms. The van der Waals surface area contributed by atoms with Gasteiger partial charge in [-0.3, -0.25) is 0 Å². The van der Waals surface area contributed by atoms with E-state index in [9.17, 15) is 22.8 Å². The number of carboxylic acid groups (broad SMARTS) is 2. The van der Waals surface area contributed by atoms with Gasteiger partial charge in [0.15, 0.2) is 0 Å². The first kappa shape index (κ1) is 30.0. The Morgan fingerprint density at radius 1 is 0.833 bits per heavy atom. The number of rotatable bonds is 6. The number of unbranched alkanes of at least 4 members (excludes halogenated alkanes) is 2. The van der Waals surface area contributed by atoms with Crippen molar-refractivity contribution in [2.45, 2.75) is 46.0 Å². The molecule has 2 N–H and O–H groups in total. The molecule has 0 bridgehead atoms. The maximum atomic E-state index is 13.1. The van der Waals surface area contributed by atoms with Crippen molar-refractivity contribution >= 4 is 11.9 Å². The number of carbonyl (C=O) groups is 2. The van der Waals surface area contributed by atoms with Gasteiger partial charge < -0.3 is 17.1 Å². The second kappa shape index (κ2) is 16.6. The predicted molar refractivity (Wildman–Crippen MR) is 106 cm³/mol. The molecule has 0 aliphatic rings. The number of benzene rings is 2. The summed E-state index contributed by atoms with van der Waals surface area (Å²) in [4.78, 5) is 20.9. The zero-order valence-corrected chi connectivity index (χ0v) is 17.6. The zero-order chi connectivity index (χ0) is 22.4. The first-order valence-electron chi connectivity index (χ1n) is 9.18. The Kier molecular flexibility index (Phi) is 16.5. The minimum absolute atomic E-state index is 0. The summed E-state index contributed by atoms with van der Waals surface area (Å²) in [5.74, 6) is -5.55. The molecule has 0 atom stereocenters. The van der Waals surface area contributed by atoms with Gasteiger partial charge >= 0.3 is 30.8 Å². The van der Waals surface area contributed by atoms with Crippen molar-refractivity contribution in [2.24, 2.45) is 0 Å². The normalized spacial score (nSPS) is 9.27. The maximum Gasteiger partial charge on any atom is 1.00 e. The summed E-state index contributed by atoms with van der Waals surface area (Å²) < 4.78 is 38.1. The molecule has 0 saturated heterocycles. The Bertz CT molecular complexity index is 776. The van der Waals surface area contributed by atoms with E-state index in [1.54, 1.807) is 12.1 Å². The van der Waals surface area contributed by atoms with Gasteiger partial charge in [-0.25, -0.2) is 22.8 Å². The molecule has 0 aliphatic heterocycles. The largest absolute Gasteiger partial charge is 1.00 e. The molecule has 4 nitrogen and oxygen atoms in total. The van der Waals surface area contributed by atoms with Gasteiger partial charge in [-0.2, -0.15) is 6.42 Å². The van der Waals surface area contributed by atoms with Crippen molar-refractivity contribution in [3.8, 4) is 0 Å². The molecule has 0 unspecified atom stereocenters. The van der Waals surface area contributed by atoms with Gasteiger partial charge in [-0.05, 0) is 36.6 Å². The second-order valence-corrected chi connectivity index (χ2v) is 5.94. The smallest absolute Gasteiger partial charge is 0.478 e. The van der Waals surface area contributed by atoms with Crippen LogP contribution in [-0.2, 0) is 6.42 Å². The third-order valence-electron chi connectivity index (χ3n) is 3.64. The molecule has 0 fully saturated rings. The van der Waals surface area contributed by atoms with E-state index < -0.39 is 35.0 Å². The van der Waals surface area contributed by atoms with Crippen LogP contribution >= 0.6 is 0 Å². The Balaban J connectivity index is 0. The van der Waals surface area contributed by atoms with Crippen molar-refractivity contribution in [1.29, 1.82) is 0 Å². The first-order chi connectivity index (χ1) is 13.7. The van der Waals surface area contributed by atoms with Crippen molar-refractivity contribution in [1.82, 2.24) is 0 Å². The summed E-state index contributed by atoms with van der Waals surface area (Å²) in [6.07, 6.45) is 4.75. The van der Waals surface area contributed by atoms with Crippen LogP contribution in [0.1, 0.15) is 65.8 Å². The van der Waals surface area contributed by atoms with E-state index in [0.717, 1.165) is 37.5 Å². The molecule has 0 heterocycles. The minimum Gasteiger partial charge on any atom is -0.478 e. The van der Waals surface area contributed by atoms with E-state index >= 15 is 0 Å².